The Morgan fingerprint density at radius 1 is 1.20 bits per heavy atom. The number of benzene rings is 2. The average Bonchev–Trinajstić information content (AvgIpc) is 2.51. The van der Waals surface area contributed by atoms with E-state index in [1.54, 1.807) is 12.1 Å². The molecule has 0 atom stereocenters. The molecule has 1 heterocycles. The van der Waals surface area contributed by atoms with Gasteiger partial charge >= 0.3 is 0 Å². The third kappa shape index (κ3) is 3.57. The van der Waals surface area contributed by atoms with Gasteiger partial charge in [-0.1, -0.05) is 23.2 Å². The molecule has 1 aliphatic heterocycles. The lowest BCUT2D eigenvalue weighted by atomic mass is 9.92. The molecule has 2 aromatic carbocycles. The van der Waals surface area contributed by atoms with Crippen LogP contribution >= 0.6 is 23.2 Å². The summed E-state index contributed by atoms with van der Waals surface area (Å²) in [5, 5.41) is 12.2. The Hall–Kier alpha value is -2.24. The van der Waals surface area contributed by atoms with Crippen LogP contribution < -0.4 is 10.1 Å². The smallest absolute Gasteiger partial charge is 0.255 e. The fourth-order valence-electron chi connectivity index (χ4n) is 2.63. The number of ether oxygens (including phenoxy) is 1. The van der Waals surface area contributed by atoms with E-state index in [4.69, 9.17) is 27.9 Å². The molecule has 0 saturated heterocycles. The number of carbonyl (C=O) groups excluding carboxylic acids is 2. The van der Waals surface area contributed by atoms with E-state index >= 15 is 0 Å². The number of phenols is 1. The molecule has 5 nitrogen and oxygen atoms in total. The Bertz CT molecular complexity index is 870. The number of aromatic hydroxyl groups is 1. The molecule has 0 fully saturated rings. The standard InChI is InChI=1S/C18H15Cl2NO4/c1-18(2)8-14(22)11-5-9(3-4-15(11)25-18)17(24)21-10-6-12(19)16(23)13(20)7-10/h3-7,23H,8H2,1-2H3,(H,21,24). The maximum Gasteiger partial charge on any atom is 0.255 e. The van der Waals surface area contributed by atoms with E-state index in [9.17, 15) is 14.7 Å². The van der Waals surface area contributed by atoms with Crippen LogP contribution in [0.4, 0.5) is 5.69 Å². The van der Waals surface area contributed by atoms with Crippen molar-refractivity contribution in [3.8, 4) is 11.5 Å². The predicted molar refractivity (Wildman–Crippen MR) is 96.2 cm³/mol. The first-order valence-electron chi connectivity index (χ1n) is 7.52. The van der Waals surface area contributed by atoms with E-state index in [1.807, 2.05) is 13.8 Å². The van der Waals surface area contributed by atoms with Crippen LogP contribution in [0.25, 0.3) is 0 Å². The lowest BCUT2D eigenvalue weighted by Crippen LogP contribution is -2.36. The zero-order valence-electron chi connectivity index (χ0n) is 13.5. The summed E-state index contributed by atoms with van der Waals surface area (Å²) in [6, 6.07) is 7.46. The summed E-state index contributed by atoms with van der Waals surface area (Å²) >= 11 is 11.7. The molecular formula is C18H15Cl2NO4. The number of hydrogen-bond acceptors (Lipinski definition) is 4. The minimum absolute atomic E-state index is 0.0269. The van der Waals surface area contributed by atoms with Crippen molar-refractivity contribution in [2.45, 2.75) is 25.9 Å². The van der Waals surface area contributed by atoms with Crippen LogP contribution in [-0.2, 0) is 0 Å². The molecule has 0 unspecified atom stereocenters. The number of anilines is 1. The Labute approximate surface area is 154 Å². The zero-order valence-corrected chi connectivity index (χ0v) is 15.0. The van der Waals surface area contributed by atoms with Gasteiger partial charge in [0.1, 0.15) is 11.4 Å². The second-order valence-corrected chi connectivity index (χ2v) is 7.23. The largest absolute Gasteiger partial charge is 0.505 e. The summed E-state index contributed by atoms with van der Waals surface area (Å²) in [4.78, 5) is 24.7. The van der Waals surface area contributed by atoms with Crippen LogP contribution in [0.15, 0.2) is 30.3 Å². The van der Waals surface area contributed by atoms with Crippen LogP contribution in [0.1, 0.15) is 41.0 Å². The Morgan fingerprint density at radius 3 is 2.48 bits per heavy atom. The number of halogens is 2. The molecular weight excluding hydrogens is 365 g/mol. The quantitative estimate of drug-likeness (QED) is 0.741. The van der Waals surface area contributed by atoms with E-state index < -0.39 is 11.5 Å². The normalized spacial score (nSPS) is 15.3. The van der Waals surface area contributed by atoms with E-state index in [1.165, 1.54) is 18.2 Å². The van der Waals surface area contributed by atoms with Crippen molar-refractivity contribution < 1.29 is 19.4 Å². The molecule has 7 heteroatoms. The number of amides is 1. The molecule has 0 radical (unpaired) electrons. The van der Waals surface area contributed by atoms with Crippen molar-refractivity contribution >= 4 is 40.6 Å². The molecule has 0 bridgehead atoms. The molecule has 1 aliphatic rings. The van der Waals surface area contributed by atoms with Crippen LogP contribution in [0.2, 0.25) is 10.0 Å². The van der Waals surface area contributed by atoms with Gasteiger partial charge in [-0.2, -0.15) is 0 Å². The van der Waals surface area contributed by atoms with Gasteiger partial charge in [-0.3, -0.25) is 9.59 Å². The molecule has 0 saturated carbocycles. The molecule has 3 rings (SSSR count). The Balaban J connectivity index is 1.87. The molecule has 0 spiro atoms. The highest BCUT2D eigenvalue weighted by molar-refractivity contribution is 6.37. The van der Waals surface area contributed by atoms with Crippen LogP contribution in [0, 0.1) is 0 Å². The number of ketones is 1. The number of carbonyl (C=O) groups is 2. The number of Topliss-reactive ketones (excluding diaryl/α,β-unsaturated/α-hetero) is 1. The van der Waals surface area contributed by atoms with Crippen molar-refractivity contribution in [1.82, 2.24) is 0 Å². The number of nitrogens with one attached hydrogen (secondary N) is 1. The summed E-state index contributed by atoms with van der Waals surface area (Å²) < 4.78 is 5.77. The molecule has 0 aliphatic carbocycles. The van der Waals surface area contributed by atoms with Crippen molar-refractivity contribution in [2.24, 2.45) is 0 Å². The molecule has 130 valence electrons. The summed E-state index contributed by atoms with van der Waals surface area (Å²) in [6.45, 7) is 3.68. The van der Waals surface area contributed by atoms with Crippen LogP contribution in [0.3, 0.4) is 0 Å². The first kappa shape index (κ1) is 17.6. The van der Waals surface area contributed by atoms with Gasteiger partial charge in [0.2, 0.25) is 0 Å². The highest BCUT2D eigenvalue weighted by atomic mass is 35.5. The zero-order chi connectivity index (χ0) is 18.4. The number of fused-ring (bicyclic) bond motifs is 1. The maximum atomic E-state index is 12.4. The number of rotatable bonds is 2. The van der Waals surface area contributed by atoms with E-state index in [-0.39, 0.29) is 28.0 Å². The average molecular weight is 380 g/mol. The lowest BCUT2D eigenvalue weighted by Gasteiger charge is -2.31. The molecule has 25 heavy (non-hydrogen) atoms. The Kier molecular flexibility index (Phi) is 4.39. The predicted octanol–water partition coefficient (Wildman–Crippen LogP) is 4.70. The van der Waals surface area contributed by atoms with Gasteiger partial charge < -0.3 is 15.2 Å². The third-order valence-corrected chi connectivity index (χ3v) is 4.37. The monoisotopic (exact) mass is 379 g/mol. The number of phenolic OH excluding ortho intramolecular Hbond substituents is 1. The topological polar surface area (TPSA) is 75.6 Å². The van der Waals surface area contributed by atoms with Crippen molar-refractivity contribution in [3.05, 3.63) is 51.5 Å². The number of hydrogen-bond donors (Lipinski definition) is 2. The first-order valence-corrected chi connectivity index (χ1v) is 8.27. The van der Waals surface area contributed by atoms with E-state index in [0.717, 1.165) is 0 Å². The fraction of sp³-hybridized carbons (Fsp3) is 0.222. The highest BCUT2D eigenvalue weighted by Crippen LogP contribution is 2.36. The van der Waals surface area contributed by atoms with Crippen molar-refractivity contribution in [3.63, 3.8) is 0 Å². The fourth-order valence-corrected chi connectivity index (χ4v) is 3.12. The van der Waals surface area contributed by atoms with Crippen molar-refractivity contribution in [1.29, 1.82) is 0 Å². The third-order valence-electron chi connectivity index (χ3n) is 3.79. The van der Waals surface area contributed by atoms with Crippen LogP contribution in [-0.4, -0.2) is 22.4 Å². The minimum atomic E-state index is -0.562. The molecule has 0 aromatic heterocycles. The van der Waals surface area contributed by atoms with Gasteiger partial charge in [0.05, 0.1) is 22.0 Å². The van der Waals surface area contributed by atoms with E-state index in [0.29, 0.717) is 22.6 Å². The van der Waals surface area contributed by atoms with Gasteiger partial charge in [0.25, 0.3) is 5.91 Å². The van der Waals surface area contributed by atoms with Gasteiger partial charge in [-0.05, 0) is 44.2 Å². The maximum absolute atomic E-state index is 12.4. The molecule has 2 aromatic rings. The summed E-state index contributed by atoms with van der Waals surface area (Å²) in [5.41, 5.74) is 0.455. The lowest BCUT2D eigenvalue weighted by molar-refractivity contribution is 0.0620. The summed E-state index contributed by atoms with van der Waals surface area (Å²) in [6.07, 6.45) is 0.244. The second kappa shape index (κ2) is 6.24. The first-order chi connectivity index (χ1) is 11.7. The van der Waals surface area contributed by atoms with Gasteiger partial charge in [-0.25, -0.2) is 0 Å². The second-order valence-electron chi connectivity index (χ2n) is 6.42. The van der Waals surface area contributed by atoms with Crippen LogP contribution in [0.5, 0.6) is 11.5 Å². The minimum Gasteiger partial charge on any atom is -0.505 e. The highest BCUT2D eigenvalue weighted by Gasteiger charge is 2.32. The summed E-state index contributed by atoms with van der Waals surface area (Å²) in [5.74, 6) is -0.288. The van der Waals surface area contributed by atoms with Crippen molar-refractivity contribution in [2.75, 3.05) is 5.32 Å². The van der Waals surface area contributed by atoms with E-state index in [2.05, 4.69) is 5.32 Å². The SMILES string of the molecule is CC1(C)CC(=O)c2cc(C(=O)Nc3cc(Cl)c(O)c(Cl)c3)ccc2O1. The Morgan fingerprint density at radius 2 is 1.84 bits per heavy atom. The van der Waals surface area contributed by atoms with Gasteiger partial charge in [0, 0.05) is 11.3 Å². The van der Waals surface area contributed by atoms with Gasteiger partial charge in [0.15, 0.2) is 11.5 Å². The summed E-state index contributed by atoms with van der Waals surface area (Å²) in [7, 11) is 0. The molecule has 2 N–H and O–H groups in total. The molecule has 1 amide bonds. The van der Waals surface area contributed by atoms with Gasteiger partial charge in [-0.15, -0.1) is 0 Å².